The maximum Gasteiger partial charge on any atom is 0.251 e. The van der Waals surface area contributed by atoms with Crippen LogP contribution in [0.5, 0.6) is 0 Å². The Labute approximate surface area is 103 Å². The van der Waals surface area contributed by atoms with E-state index in [4.69, 9.17) is 4.42 Å². The fraction of sp³-hybridized carbons (Fsp3) is 0.250. The van der Waals surface area contributed by atoms with Gasteiger partial charge < -0.3 is 14.7 Å². The van der Waals surface area contributed by atoms with Gasteiger partial charge in [-0.1, -0.05) is 0 Å². The van der Waals surface area contributed by atoms with Gasteiger partial charge >= 0.3 is 0 Å². The summed E-state index contributed by atoms with van der Waals surface area (Å²) in [4.78, 5) is 29.4. The molecule has 6 nitrogen and oxygen atoms in total. The number of aromatic nitrogens is 2. The molecule has 18 heavy (non-hydrogen) atoms. The predicted molar refractivity (Wildman–Crippen MR) is 64.2 cm³/mol. The summed E-state index contributed by atoms with van der Waals surface area (Å²) >= 11 is 0. The number of hydrogen-bond acceptors (Lipinski definition) is 4. The van der Waals surface area contributed by atoms with E-state index in [2.05, 4.69) is 15.3 Å². The molecule has 1 amide bonds. The molecule has 0 spiro atoms. The van der Waals surface area contributed by atoms with Crippen LogP contribution in [-0.4, -0.2) is 15.9 Å². The molecule has 0 aromatic carbocycles. The number of rotatable bonds is 3. The van der Waals surface area contributed by atoms with E-state index in [-0.39, 0.29) is 18.0 Å². The van der Waals surface area contributed by atoms with E-state index in [0.717, 1.165) is 11.5 Å². The van der Waals surface area contributed by atoms with Gasteiger partial charge in [0.15, 0.2) is 0 Å². The normalized spacial score (nSPS) is 10.3. The van der Waals surface area contributed by atoms with Crippen molar-refractivity contribution in [2.45, 2.75) is 20.4 Å². The molecule has 94 valence electrons. The molecule has 0 aliphatic carbocycles. The maximum absolute atomic E-state index is 11.7. The quantitative estimate of drug-likeness (QED) is 0.843. The van der Waals surface area contributed by atoms with Crippen LogP contribution in [0.4, 0.5) is 0 Å². The van der Waals surface area contributed by atoms with Gasteiger partial charge in [-0.05, 0) is 19.9 Å². The van der Waals surface area contributed by atoms with Crippen LogP contribution >= 0.6 is 0 Å². The van der Waals surface area contributed by atoms with Gasteiger partial charge in [0.2, 0.25) is 11.4 Å². The fourth-order valence-corrected chi connectivity index (χ4v) is 1.46. The highest BCUT2D eigenvalue weighted by molar-refractivity contribution is 5.93. The Bertz CT molecular complexity index is 608. The SMILES string of the molecule is Cc1nc(CNC(=O)c2cc[nH]c(=O)c2)oc1C. The number of carbonyl (C=O) groups is 1. The van der Waals surface area contributed by atoms with Crippen molar-refractivity contribution >= 4 is 5.91 Å². The molecular formula is C12H13N3O3. The van der Waals surface area contributed by atoms with E-state index in [1.807, 2.05) is 13.8 Å². The minimum Gasteiger partial charge on any atom is -0.444 e. The topological polar surface area (TPSA) is 88.0 Å². The van der Waals surface area contributed by atoms with E-state index in [1.165, 1.54) is 18.3 Å². The zero-order chi connectivity index (χ0) is 13.1. The Hall–Kier alpha value is -2.37. The van der Waals surface area contributed by atoms with Crippen molar-refractivity contribution in [1.29, 1.82) is 0 Å². The maximum atomic E-state index is 11.7. The lowest BCUT2D eigenvalue weighted by Crippen LogP contribution is -2.24. The van der Waals surface area contributed by atoms with Gasteiger partial charge in [0.05, 0.1) is 12.2 Å². The van der Waals surface area contributed by atoms with Crippen LogP contribution < -0.4 is 10.9 Å². The lowest BCUT2D eigenvalue weighted by atomic mass is 10.2. The first kappa shape index (κ1) is 12.1. The second-order valence-corrected chi connectivity index (χ2v) is 3.87. The van der Waals surface area contributed by atoms with Crippen LogP contribution in [0.1, 0.15) is 27.7 Å². The molecule has 2 heterocycles. The summed E-state index contributed by atoms with van der Waals surface area (Å²) in [5.74, 6) is 0.841. The molecule has 0 fully saturated rings. The first-order chi connectivity index (χ1) is 8.56. The van der Waals surface area contributed by atoms with Crippen LogP contribution in [0.15, 0.2) is 27.5 Å². The molecule has 0 aliphatic rings. The van der Waals surface area contributed by atoms with Gasteiger partial charge in [-0.2, -0.15) is 0 Å². The number of aromatic amines is 1. The van der Waals surface area contributed by atoms with Crippen molar-refractivity contribution in [2.75, 3.05) is 0 Å². The smallest absolute Gasteiger partial charge is 0.251 e. The third-order valence-electron chi connectivity index (χ3n) is 2.51. The van der Waals surface area contributed by atoms with Gasteiger partial charge in [0, 0.05) is 17.8 Å². The molecule has 2 aromatic heterocycles. The summed E-state index contributed by atoms with van der Waals surface area (Å²) in [7, 11) is 0. The largest absolute Gasteiger partial charge is 0.444 e. The number of nitrogens with one attached hydrogen (secondary N) is 2. The van der Waals surface area contributed by atoms with Crippen molar-refractivity contribution in [1.82, 2.24) is 15.3 Å². The molecule has 2 N–H and O–H groups in total. The average Bonchev–Trinajstić information content (AvgIpc) is 2.66. The molecule has 0 radical (unpaired) electrons. The second-order valence-electron chi connectivity index (χ2n) is 3.87. The Balaban J connectivity index is 2.02. The summed E-state index contributed by atoms with van der Waals surface area (Å²) in [5, 5.41) is 2.64. The van der Waals surface area contributed by atoms with Gasteiger partial charge in [0.1, 0.15) is 5.76 Å². The van der Waals surface area contributed by atoms with Crippen LogP contribution in [0, 0.1) is 13.8 Å². The zero-order valence-electron chi connectivity index (χ0n) is 10.1. The molecule has 0 aliphatic heterocycles. The monoisotopic (exact) mass is 247 g/mol. The summed E-state index contributed by atoms with van der Waals surface area (Å²) in [5.41, 5.74) is 0.791. The van der Waals surface area contributed by atoms with Gasteiger partial charge in [0.25, 0.3) is 5.91 Å². The molecule has 6 heteroatoms. The standard InChI is InChI=1S/C12H13N3O3/c1-7-8(2)18-11(15-7)6-14-12(17)9-3-4-13-10(16)5-9/h3-5H,6H2,1-2H3,(H,13,16)(H,14,17). The lowest BCUT2D eigenvalue weighted by Gasteiger charge is -2.01. The second kappa shape index (κ2) is 4.87. The van der Waals surface area contributed by atoms with Crippen LogP contribution in [0.25, 0.3) is 0 Å². The van der Waals surface area contributed by atoms with Gasteiger partial charge in [-0.15, -0.1) is 0 Å². The number of amides is 1. The van der Waals surface area contributed by atoms with Crippen molar-refractivity contribution in [2.24, 2.45) is 0 Å². The van der Waals surface area contributed by atoms with E-state index >= 15 is 0 Å². The summed E-state index contributed by atoms with van der Waals surface area (Å²) in [6.45, 7) is 3.84. The van der Waals surface area contributed by atoms with Gasteiger partial charge in [-0.3, -0.25) is 9.59 Å². The number of aryl methyl sites for hydroxylation is 2. The van der Waals surface area contributed by atoms with Crippen LogP contribution in [-0.2, 0) is 6.54 Å². The van der Waals surface area contributed by atoms with Crippen LogP contribution in [0.3, 0.4) is 0 Å². The number of pyridine rings is 1. The first-order valence-corrected chi connectivity index (χ1v) is 5.46. The average molecular weight is 247 g/mol. The highest BCUT2D eigenvalue weighted by Crippen LogP contribution is 2.07. The zero-order valence-corrected chi connectivity index (χ0v) is 10.1. The molecule has 0 unspecified atom stereocenters. The minimum absolute atomic E-state index is 0.195. The highest BCUT2D eigenvalue weighted by atomic mass is 16.4. The number of carbonyl (C=O) groups excluding carboxylic acids is 1. The van der Waals surface area contributed by atoms with Crippen molar-refractivity contribution < 1.29 is 9.21 Å². The molecule has 0 atom stereocenters. The van der Waals surface area contributed by atoms with Crippen molar-refractivity contribution in [3.8, 4) is 0 Å². The van der Waals surface area contributed by atoms with E-state index < -0.39 is 0 Å². The van der Waals surface area contributed by atoms with E-state index in [9.17, 15) is 9.59 Å². The third kappa shape index (κ3) is 2.65. The Morgan fingerprint density at radius 2 is 2.28 bits per heavy atom. The van der Waals surface area contributed by atoms with Crippen molar-refractivity contribution in [3.05, 3.63) is 51.6 Å². The van der Waals surface area contributed by atoms with Gasteiger partial charge in [-0.25, -0.2) is 4.98 Å². The highest BCUT2D eigenvalue weighted by Gasteiger charge is 2.09. The number of nitrogens with zero attached hydrogens (tertiary/aromatic N) is 1. The Morgan fingerprint density at radius 3 is 2.89 bits per heavy atom. The summed E-state index contributed by atoms with van der Waals surface area (Å²) in [6.07, 6.45) is 1.43. The minimum atomic E-state index is -0.338. The van der Waals surface area contributed by atoms with Crippen LogP contribution in [0.2, 0.25) is 0 Å². The summed E-state index contributed by atoms with van der Waals surface area (Å²) < 4.78 is 5.33. The van der Waals surface area contributed by atoms with E-state index in [1.54, 1.807) is 0 Å². The molecule has 2 rings (SSSR count). The number of hydrogen-bond donors (Lipinski definition) is 2. The van der Waals surface area contributed by atoms with Crippen molar-refractivity contribution in [3.63, 3.8) is 0 Å². The number of oxazole rings is 1. The predicted octanol–water partition coefficient (Wildman–Crippen LogP) is 0.910. The fourth-order valence-electron chi connectivity index (χ4n) is 1.46. The Morgan fingerprint density at radius 1 is 1.50 bits per heavy atom. The van der Waals surface area contributed by atoms with E-state index in [0.29, 0.717) is 11.5 Å². The molecule has 0 bridgehead atoms. The first-order valence-electron chi connectivity index (χ1n) is 5.46. The molecule has 2 aromatic rings. The number of H-pyrrole nitrogens is 1. The molecule has 0 saturated heterocycles. The lowest BCUT2D eigenvalue weighted by molar-refractivity contribution is 0.0947. The third-order valence-corrected chi connectivity index (χ3v) is 2.51. The molecular weight excluding hydrogens is 234 g/mol. The molecule has 0 saturated carbocycles. The Kier molecular flexibility index (Phi) is 3.27. The summed E-state index contributed by atoms with van der Waals surface area (Å²) in [6, 6.07) is 2.77.